The van der Waals surface area contributed by atoms with Crippen molar-refractivity contribution in [3.8, 4) is 11.5 Å². The van der Waals surface area contributed by atoms with Crippen LogP contribution in [0, 0.1) is 5.92 Å². The van der Waals surface area contributed by atoms with Crippen molar-refractivity contribution in [2.75, 3.05) is 39.4 Å². The van der Waals surface area contributed by atoms with Crippen molar-refractivity contribution < 1.29 is 22.7 Å². The number of nitrogens with zero attached hydrogens (tertiary/aromatic N) is 1. The van der Waals surface area contributed by atoms with Crippen LogP contribution in [0.25, 0.3) is 0 Å². The minimum absolute atomic E-state index is 0.0568. The quantitative estimate of drug-likeness (QED) is 0.542. The van der Waals surface area contributed by atoms with Crippen LogP contribution < -0.4 is 19.5 Å². The molecule has 1 unspecified atom stereocenters. The maximum absolute atomic E-state index is 13.0. The Morgan fingerprint density at radius 2 is 1.72 bits per heavy atom. The van der Waals surface area contributed by atoms with Gasteiger partial charge in [-0.2, -0.15) is 4.72 Å². The molecule has 32 heavy (non-hydrogen) atoms. The van der Waals surface area contributed by atoms with E-state index in [2.05, 4.69) is 14.9 Å². The van der Waals surface area contributed by atoms with Crippen LogP contribution in [0.2, 0.25) is 0 Å². The van der Waals surface area contributed by atoms with Crippen LogP contribution in [-0.4, -0.2) is 64.7 Å². The van der Waals surface area contributed by atoms with Crippen molar-refractivity contribution in [3.63, 3.8) is 0 Å². The maximum atomic E-state index is 13.0. The van der Waals surface area contributed by atoms with Crippen LogP contribution in [0.3, 0.4) is 0 Å². The number of benzene rings is 1. The fraction of sp³-hybridized carbons (Fsp3) is 0.696. The Hall–Kier alpha value is -1.84. The zero-order valence-corrected chi connectivity index (χ0v) is 20.1. The number of carbonyl (C=O) groups is 1. The van der Waals surface area contributed by atoms with E-state index in [1.165, 1.54) is 37.8 Å². The highest BCUT2D eigenvalue weighted by molar-refractivity contribution is 7.89. The smallest absolute Gasteiger partial charge is 0.241 e. The fourth-order valence-corrected chi connectivity index (χ4v) is 5.38. The van der Waals surface area contributed by atoms with Gasteiger partial charge in [-0.1, -0.05) is 26.7 Å². The average molecular weight is 468 g/mol. The molecule has 1 aromatic rings. The molecule has 0 aliphatic carbocycles. The first kappa shape index (κ1) is 24.8. The van der Waals surface area contributed by atoms with Crippen LogP contribution in [0.1, 0.15) is 52.4 Å². The highest BCUT2D eigenvalue weighted by atomic mass is 32.2. The number of amides is 1. The number of likely N-dealkylation sites (tertiary alicyclic amines) is 1. The Balaban J connectivity index is 1.56. The van der Waals surface area contributed by atoms with Crippen molar-refractivity contribution in [2.24, 2.45) is 5.92 Å². The van der Waals surface area contributed by atoms with Crippen molar-refractivity contribution in [1.29, 1.82) is 0 Å². The molecule has 0 bridgehead atoms. The van der Waals surface area contributed by atoms with E-state index < -0.39 is 16.1 Å². The molecule has 180 valence electrons. The molecular weight excluding hydrogens is 430 g/mol. The normalized spacial score (nSPS) is 18.6. The number of fused-ring (bicyclic) bond motifs is 1. The molecule has 1 amide bonds. The molecule has 9 heteroatoms. The molecule has 8 nitrogen and oxygen atoms in total. The first-order valence-corrected chi connectivity index (χ1v) is 13.3. The van der Waals surface area contributed by atoms with Gasteiger partial charge < -0.3 is 19.7 Å². The lowest BCUT2D eigenvalue weighted by Crippen LogP contribution is -2.50. The van der Waals surface area contributed by atoms with Crippen LogP contribution in [0.15, 0.2) is 23.1 Å². The molecule has 1 fully saturated rings. The van der Waals surface area contributed by atoms with E-state index >= 15 is 0 Å². The largest absolute Gasteiger partial charge is 0.490 e. The second kappa shape index (κ2) is 11.9. The minimum Gasteiger partial charge on any atom is -0.490 e. The summed E-state index contributed by atoms with van der Waals surface area (Å²) < 4.78 is 39.8. The Morgan fingerprint density at radius 3 is 2.41 bits per heavy atom. The van der Waals surface area contributed by atoms with Crippen molar-refractivity contribution in [2.45, 2.75) is 63.3 Å². The van der Waals surface area contributed by atoms with Gasteiger partial charge in [-0.05, 0) is 56.9 Å². The third-order valence-corrected chi connectivity index (χ3v) is 7.35. The van der Waals surface area contributed by atoms with Gasteiger partial charge in [-0.25, -0.2) is 8.42 Å². The Morgan fingerprint density at radius 1 is 1.03 bits per heavy atom. The summed E-state index contributed by atoms with van der Waals surface area (Å²) in [5.41, 5.74) is 0. The van der Waals surface area contributed by atoms with Gasteiger partial charge >= 0.3 is 0 Å². The SMILES string of the molecule is CC(C)C(NS(=O)(=O)c1ccc2c(c1)OCCCO2)C(=O)NCCCN1CCCCCC1. The number of sulfonamides is 1. The highest BCUT2D eigenvalue weighted by Crippen LogP contribution is 2.32. The van der Waals surface area contributed by atoms with Gasteiger partial charge in [0.25, 0.3) is 0 Å². The Labute approximate surface area is 192 Å². The molecule has 0 spiro atoms. The van der Waals surface area contributed by atoms with Crippen LogP contribution in [0.4, 0.5) is 0 Å². The van der Waals surface area contributed by atoms with Crippen LogP contribution in [0.5, 0.6) is 11.5 Å². The van der Waals surface area contributed by atoms with E-state index in [1.54, 1.807) is 6.07 Å². The van der Waals surface area contributed by atoms with Gasteiger partial charge in [0.2, 0.25) is 15.9 Å². The van der Waals surface area contributed by atoms with E-state index in [4.69, 9.17) is 9.47 Å². The maximum Gasteiger partial charge on any atom is 0.241 e. The molecule has 0 saturated carbocycles. The second-order valence-electron chi connectivity index (χ2n) is 8.90. The van der Waals surface area contributed by atoms with Gasteiger partial charge in [0.15, 0.2) is 11.5 Å². The summed E-state index contributed by atoms with van der Waals surface area (Å²) in [4.78, 5) is 15.3. The summed E-state index contributed by atoms with van der Waals surface area (Å²) in [7, 11) is -3.90. The molecule has 3 rings (SSSR count). The van der Waals surface area contributed by atoms with E-state index in [1.807, 2.05) is 13.8 Å². The predicted molar refractivity (Wildman–Crippen MR) is 124 cm³/mol. The Bertz CT molecular complexity index is 851. The number of rotatable bonds is 9. The van der Waals surface area contributed by atoms with Crippen LogP contribution >= 0.6 is 0 Å². The summed E-state index contributed by atoms with van der Waals surface area (Å²) in [5.74, 6) is 0.443. The summed E-state index contributed by atoms with van der Waals surface area (Å²) in [6.45, 7) is 8.40. The highest BCUT2D eigenvalue weighted by Gasteiger charge is 2.29. The third-order valence-electron chi connectivity index (χ3n) is 5.91. The van der Waals surface area contributed by atoms with Gasteiger partial charge in [0.05, 0.1) is 18.1 Å². The van der Waals surface area contributed by atoms with E-state index in [0.29, 0.717) is 31.3 Å². The first-order valence-electron chi connectivity index (χ1n) is 11.8. The molecule has 0 radical (unpaired) electrons. The molecule has 2 aliphatic heterocycles. The zero-order valence-electron chi connectivity index (χ0n) is 19.3. The summed E-state index contributed by atoms with van der Waals surface area (Å²) in [6, 6.07) is 3.68. The molecule has 2 heterocycles. The van der Waals surface area contributed by atoms with Crippen molar-refractivity contribution in [1.82, 2.24) is 14.9 Å². The second-order valence-corrected chi connectivity index (χ2v) is 10.6. The van der Waals surface area contributed by atoms with Crippen molar-refractivity contribution >= 4 is 15.9 Å². The number of hydrogen-bond acceptors (Lipinski definition) is 6. The molecule has 1 atom stereocenters. The fourth-order valence-electron chi connectivity index (χ4n) is 4.02. The zero-order chi connectivity index (χ0) is 23.0. The first-order chi connectivity index (χ1) is 15.4. The van der Waals surface area contributed by atoms with E-state index in [9.17, 15) is 13.2 Å². The van der Waals surface area contributed by atoms with E-state index in [-0.39, 0.29) is 16.7 Å². The monoisotopic (exact) mass is 467 g/mol. The van der Waals surface area contributed by atoms with Crippen LogP contribution in [-0.2, 0) is 14.8 Å². The summed E-state index contributed by atoms with van der Waals surface area (Å²) in [5, 5.41) is 2.91. The molecule has 2 aliphatic rings. The topological polar surface area (TPSA) is 97.0 Å². The van der Waals surface area contributed by atoms with E-state index in [0.717, 1.165) is 32.5 Å². The molecule has 2 N–H and O–H groups in total. The van der Waals surface area contributed by atoms with Gasteiger partial charge in [-0.3, -0.25) is 4.79 Å². The predicted octanol–water partition coefficient (Wildman–Crippen LogP) is 2.53. The Kier molecular flexibility index (Phi) is 9.19. The van der Waals surface area contributed by atoms with Gasteiger partial charge in [0.1, 0.15) is 6.04 Å². The standard InChI is InChI=1S/C23H37N3O5S/c1-18(2)22(23(27)24-11-7-14-26-12-5-3-4-6-13-26)25-32(28,29)19-9-10-20-21(17-19)31-16-8-15-30-20/h9-10,17-18,22,25H,3-8,11-16H2,1-2H3,(H,24,27). The third kappa shape index (κ3) is 7.08. The number of carbonyl (C=O) groups excluding carboxylic acids is 1. The summed E-state index contributed by atoms with van der Waals surface area (Å²) in [6.07, 6.45) is 6.67. The summed E-state index contributed by atoms with van der Waals surface area (Å²) >= 11 is 0. The molecular formula is C23H37N3O5S. The molecule has 0 aromatic heterocycles. The molecule has 1 aromatic carbocycles. The number of ether oxygens (including phenoxy) is 2. The lowest BCUT2D eigenvalue weighted by atomic mass is 10.1. The lowest BCUT2D eigenvalue weighted by molar-refractivity contribution is -0.123. The lowest BCUT2D eigenvalue weighted by Gasteiger charge is -2.23. The number of nitrogens with one attached hydrogen (secondary N) is 2. The minimum atomic E-state index is -3.90. The van der Waals surface area contributed by atoms with Gasteiger partial charge in [-0.15, -0.1) is 0 Å². The molecule has 1 saturated heterocycles. The van der Waals surface area contributed by atoms with Gasteiger partial charge in [0, 0.05) is 19.0 Å². The van der Waals surface area contributed by atoms with Crippen molar-refractivity contribution in [3.05, 3.63) is 18.2 Å². The number of hydrogen-bond donors (Lipinski definition) is 2. The average Bonchev–Trinajstić information content (AvgIpc) is 3.17.